The minimum atomic E-state index is -3.49. The molecule has 0 rings (SSSR count). The van der Waals surface area contributed by atoms with E-state index in [4.69, 9.17) is 11.1 Å². The van der Waals surface area contributed by atoms with Gasteiger partial charge in [0.1, 0.15) is 5.84 Å². The summed E-state index contributed by atoms with van der Waals surface area (Å²) in [6.07, 6.45) is 0. The first-order chi connectivity index (χ1) is 6.19. The van der Waals surface area contributed by atoms with Crippen LogP contribution in [0.5, 0.6) is 0 Å². The molecule has 0 spiro atoms. The smallest absolute Gasteiger partial charge is 0.282 e. The van der Waals surface area contributed by atoms with Gasteiger partial charge in [-0.2, -0.15) is 17.0 Å². The highest BCUT2D eigenvalue weighted by atomic mass is 32.2. The lowest BCUT2D eigenvalue weighted by atomic mass is 10.4. The van der Waals surface area contributed by atoms with Crippen LogP contribution in [-0.2, 0) is 10.2 Å². The van der Waals surface area contributed by atoms with Crippen LogP contribution in [0, 0.1) is 5.41 Å². The third-order valence-corrected chi connectivity index (χ3v) is 3.73. The Kier molecular flexibility index (Phi) is 4.50. The van der Waals surface area contributed by atoms with Gasteiger partial charge in [0.25, 0.3) is 10.2 Å². The largest absolute Gasteiger partial charge is 0.387 e. The molecule has 0 heterocycles. The third kappa shape index (κ3) is 3.24. The zero-order chi connectivity index (χ0) is 11.5. The Bertz CT molecular complexity index is 297. The molecule has 7 heteroatoms. The molecule has 0 unspecified atom stereocenters. The minimum Gasteiger partial charge on any atom is -0.387 e. The molecule has 0 saturated heterocycles. The Morgan fingerprint density at radius 3 is 2.07 bits per heavy atom. The molecule has 0 bridgehead atoms. The van der Waals surface area contributed by atoms with Gasteiger partial charge in [-0.15, -0.1) is 0 Å². The SMILES string of the molecule is CC(C)N(CC(=N)N)S(=O)(=O)N(C)C. The maximum Gasteiger partial charge on any atom is 0.282 e. The average molecular weight is 222 g/mol. The molecule has 0 fully saturated rings. The lowest BCUT2D eigenvalue weighted by Crippen LogP contribution is -2.47. The van der Waals surface area contributed by atoms with E-state index in [-0.39, 0.29) is 18.4 Å². The zero-order valence-electron chi connectivity index (χ0n) is 8.98. The Balaban J connectivity index is 4.93. The Morgan fingerprint density at radius 1 is 1.43 bits per heavy atom. The van der Waals surface area contributed by atoms with Gasteiger partial charge < -0.3 is 5.73 Å². The average Bonchev–Trinajstić information content (AvgIpc) is 1.98. The molecule has 0 aliphatic carbocycles. The molecule has 3 N–H and O–H groups in total. The Labute approximate surface area is 85.4 Å². The fourth-order valence-electron chi connectivity index (χ4n) is 0.908. The second-order valence-corrected chi connectivity index (χ2v) is 5.55. The van der Waals surface area contributed by atoms with Gasteiger partial charge in [-0.25, -0.2) is 0 Å². The maximum absolute atomic E-state index is 11.7. The van der Waals surface area contributed by atoms with Crippen molar-refractivity contribution in [1.29, 1.82) is 5.41 Å². The van der Waals surface area contributed by atoms with Crippen LogP contribution in [0.3, 0.4) is 0 Å². The fourth-order valence-corrected chi connectivity index (χ4v) is 2.16. The van der Waals surface area contributed by atoms with E-state index in [9.17, 15) is 8.42 Å². The molecule has 0 aliphatic heterocycles. The summed E-state index contributed by atoms with van der Waals surface area (Å²) in [4.78, 5) is 0. The van der Waals surface area contributed by atoms with Crippen LogP contribution < -0.4 is 5.73 Å². The summed E-state index contributed by atoms with van der Waals surface area (Å²) in [5.41, 5.74) is 5.19. The predicted molar refractivity (Wildman–Crippen MR) is 56.4 cm³/mol. The molecule has 0 aliphatic rings. The molecule has 0 saturated carbocycles. The zero-order valence-corrected chi connectivity index (χ0v) is 9.80. The number of nitrogens with two attached hydrogens (primary N) is 1. The number of amidine groups is 1. The molecule has 0 atom stereocenters. The van der Waals surface area contributed by atoms with Gasteiger partial charge in [-0.3, -0.25) is 5.41 Å². The van der Waals surface area contributed by atoms with Crippen LogP contribution >= 0.6 is 0 Å². The van der Waals surface area contributed by atoms with Crippen molar-refractivity contribution in [1.82, 2.24) is 8.61 Å². The Morgan fingerprint density at radius 2 is 1.86 bits per heavy atom. The van der Waals surface area contributed by atoms with Crippen LogP contribution in [0.25, 0.3) is 0 Å². The van der Waals surface area contributed by atoms with Gasteiger partial charge in [0.2, 0.25) is 0 Å². The normalized spacial score (nSPS) is 12.8. The van der Waals surface area contributed by atoms with Crippen molar-refractivity contribution < 1.29 is 8.42 Å². The van der Waals surface area contributed by atoms with Crippen molar-refractivity contribution in [3.8, 4) is 0 Å². The van der Waals surface area contributed by atoms with Crippen LogP contribution in [0.15, 0.2) is 0 Å². The summed E-state index contributed by atoms with van der Waals surface area (Å²) >= 11 is 0. The quantitative estimate of drug-likeness (QED) is 0.482. The number of hydrogen-bond acceptors (Lipinski definition) is 3. The van der Waals surface area contributed by atoms with E-state index >= 15 is 0 Å². The van der Waals surface area contributed by atoms with E-state index < -0.39 is 10.2 Å². The van der Waals surface area contributed by atoms with Crippen molar-refractivity contribution in [3.63, 3.8) is 0 Å². The van der Waals surface area contributed by atoms with Crippen molar-refractivity contribution in [2.75, 3.05) is 20.6 Å². The fraction of sp³-hybridized carbons (Fsp3) is 0.857. The standard InChI is InChI=1S/C7H18N4O2S/c1-6(2)11(5-7(8)9)14(12,13)10(3)4/h6H,5H2,1-4H3,(H3,8,9). The second kappa shape index (κ2) is 4.72. The monoisotopic (exact) mass is 222 g/mol. The second-order valence-electron chi connectivity index (χ2n) is 3.45. The van der Waals surface area contributed by atoms with Gasteiger partial charge >= 0.3 is 0 Å². The number of nitrogens with one attached hydrogen (secondary N) is 1. The topological polar surface area (TPSA) is 90.5 Å². The molecule has 6 nitrogen and oxygen atoms in total. The van der Waals surface area contributed by atoms with Crippen molar-refractivity contribution in [3.05, 3.63) is 0 Å². The molecule has 0 aromatic carbocycles. The van der Waals surface area contributed by atoms with E-state index in [0.717, 1.165) is 4.31 Å². The lowest BCUT2D eigenvalue weighted by Gasteiger charge is -2.27. The maximum atomic E-state index is 11.7. The molecule has 0 amide bonds. The highest BCUT2D eigenvalue weighted by Crippen LogP contribution is 2.08. The van der Waals surface area contributed by atoms with Crippen LogP contribution in [0.1, 0.15) is 13.8 Å². The summed E-state index contributed by atoms with van der Waals surface area (Å²) in [6.45, 7) is 3.41. The summed E-state index contributed by atoms with van der Waals surface area (Å²) in [5.74, 6) is -0.163. The van der Waals surface area contributed by atoms with Crippen molar-refractivity contribution in [2.45, 2.75) is 19.9 Å². The highest BCUT2D eigenvalue weighted by Gasteiger charge is 2.27. The first-order valence-electron chi connectivity index (χ1n) is 4.21. The highest BCUT2D eigenvalue weighted by molar-refractivity contribution is 7.86. The molecule has 0 radical (unpaired) electrons. The van der Waals surface area contributed by atoms with Gasteiger partial charge in [0.15, 0.2) is 0 Å². The molecule has 0 aromatic heterocycles. The van der Waals surface area contributed by atoms with Gasteiger partial charge in [0, 0.05) is 20.1 Å². The van der Waals surface area contributed by atoms with Crippen molar-refractivity contribution in [2.24, 2.45) is 5.73 Å². The molecular formula is C7H18N4O2S. The van der Waals surface area contributed by atoms with E-state index in [1.54, 1.807) is 13.8 Å². The number of rotatable bonds is 5. The third-order valence-electron chi connectivity index (χ3n) is 1.66. The van der Waals surface area contributed by atoms with Gasteiger partial charge in [-0.1, -0.05) is 0 Å². The van der Waals surface area contributed by atoms with E-state index in [1.165, 1.54) is 18.4 Å². The summed E-state index contributed by atoms with van der Waals surface area (Å²) in [5, 5.41) is 7.09. The summed E-state index contributed by atoms with van der Waals surface area (Å²) < 4.78 is 25.7. The van der Waals surface area contributed by atoms with E-state index in [0.29, 0.717) is 0 Å². The van der Waals surface area contributed by atoms with Gasteiger partial charge in [0.05, 0.1) is 6.54 Å². The first-order valence-corrected chi connectivity index (χ1v) is 5.61. The predicted octanol–water partition coefficient (Wildman–Crippen LogP) is -0.561. The minimum absolute atomic E-state index is 0.0713. The molecule has 0 aromatic rings. The lowest BCUT2D eigenvalue weighted by molar-refractivity contribution is 0.357. The van der Waals surface area contributed by atoms with E-state index in [2.05, 4.69) is 0 Å². The number of nitrogens with zero attached hydrogens (tertiary/aromatic N) is 2. The van der Waals surface area contributed by atoms with Crippen LogP contribution in [0.2, 0.25) is 0 Å². The summed E-state index contributed by atoms with van der Waals surface area (Å²) in [7, 11) is -0.589. The number of hydrogen-bond donors (Lipinski definition) is 2. The van der Waals surface area contributed by atoms with Crippen LogP contribution in [0.4, 0.5) is 0 Å². The van der Waals surface area contributed by atoms with Crippen LogP contribution in [-0.4, -0.2) is 49.5 Å². The van der Waals surface area contributed by atoms with Crippen molar-refractivity contribution >= 4 is 16.0 Å². The van der Waals surface area contributed by atoms with Gasteiger partial charge in [-0.05, 0) is 13.8 Å². The molecule has 84 valence electrons. The summed E-state index contributed by atoms with van der Waals surface area (Å²) in [6, 6.07) is -0.216. The molecule has 14 heavy (non-hydrogen) atoms. The molecular weight excluding hydrogens is 204 g/mol. The Hall–Kier alpha value is -0.660. The van der Waals surface area contributed by atoms with E-state index in [1.807, 2.05) is 0 Å². The first kappa shape index (κ1) is 13.3.